The van der Waals surface area contributed by atoms with Crippen LogP contribution < -0.4 is 10.6 Å². The van der Waals surface area contributed by atoms with E-state index in [1.807, 2.05) is 12.3 Å². The maximum Gasteiger partial charge on any atom is 0.127 e. The molecule has 1 aromatic rings. The van der Waals surface area contributed by atoms with Crippen molar-refractivity contribution in [2.45, 2.75) is 32.2 Å². The summed E-state index contributed by atoms with van der Waals surface area (Å²) in [4.78, 5) is 4.23. The van der Waals surface area contributed by atoms with Crippen molar-refractivity contribution in [1.82, 2.24) is 4.98 Å². The van der Waals surface area contributed by atoms with Crippen LogP contribution in [0.3, 0.4) is 0 Å². The fourth-order valence-electron chi connectivity index (χ4n) is 1.45. The van der Waals surface area contributed by atoms with Crippen LogP contribution in [0.1, 0.15) is 26.7 Å². The van der Waals surface area contributed by atoms with E-state index in [0.717, 1.165) is 18.1 Å². The van der Waals surface area contributed by atoms with Crippen LogP contribution in [0.4, 0.5) is 11.5 Å². The van der Waals surface area contributed by atoms with Gasteiger partial charge in [-0.05, 0) is 32.8 Å². The van der Waals surface area contributed by atoms with E-state index in [9.17, 15) is 0 Å². The SMILES string of the molecule is CCNc1cc(NC2(C)CC2)ccn1. The molecule has 0 spiro atoms. The third-order valence-corrected chi connectivity index (χ3v) is 2.56. The average molecular weight is 191 g/mol. The van der Waals surface area contributed by atoms with Gasteiger partial charge in [-0.1, -0.05) is 0 Å². The molecule has 0 radical (unpaired) electrons. The van der Waals surface area contributed by atoms with Gasteiger partial charge in [-0.2, -0.15) is 0 Å². The summed E-state index contributed by atoms with van der Waals surface area (Å²) in [5, 5.41) is 6.71. The van der Waals surface area contributed by atoms with Crippen LogP contribution in [0.5, 0.6) is 0 Å². The Hall–Kier alpha value is -1.25. The van der Waals surface area contributed by atoms with Crippen molar-refractivity contribution in [2.24, 2.45) is 0 Å². The van der Waals surface area contributed by atoms with Crippen molar-refractivity contribution in [3.05, 3.63) is 18.3 Å². The molecule has 0 unspecified atom stereocenters. The lowest BCUT2D eigenvalue weighted by Crippen LogP contribution is -2.16. The first-order valence-corrected chi connectivity index (χ1v) is 5.20. The standard InChI is InChI=1S/C11H17N3/c1-3-12-10-8-9(4-7-13-10)14-11(2)5-6-11/h4,7-8H,3,5-6H2,1-2H3,(H2,12,13,14). The van der Waals surface area contributed by atoms with Crippen LogP contribution in [0, 0.1) is 0 Å². The van der Waals surface area contributed by atoms with Gasteiger partial charge in [0.15, 0.2) is 0 Å². The Bertz CT molecular complexity index is 318. The van der Waals surface area contributed by atoms with E-state index in [4.69, 9.17) is 0 Å². The van der Waals surface area contributed by atoms with Crippen LogP contribution >= 0.6 is 0 Å². The molecule has 1 aliphatic rings. The number of hydrogen-bond acceptors (Lipinski definition) is 3. The number of pyridine rings is 1. The summed E-state index contributed by atoms with van der Waals surface area (Å²) in [5.74, 6) is 0.946. The monoisotopic (exact) mass is 191 g/mol. The minimum atomic E-state index is 0.338. The third-order valence-electron chi connectivity index (χ3n) is 2.56. The number of nitrogens with one attached hydrogen (secondary N) is 2. The molecule has 2 N–H and O–H groups in total. The highest BCUT2D eigenvalue weighted by Crippen LogP contribution is 2.38. The summed E-state index contributed by atoms with van der Waals surface area (Å²) >= 11 is 0. The lowest BCUT2D eigenvalue weighted by atomic mass is 10.3. The van der Waals surface area contributed by atoms with Crippen LogP contribution in [0.2, 0.25) is 0 Å². The number of aromatic nitrogens is 1. The summed E-state index contributed by atoms with van der Waals surface area (Å²) in [6.07, 6.45) is 4.38. The first-order valence-electron chi connectivity index (χ1n) is 5.20. The van der Waals surface area contributed by atoms with Crippen molar-refractivity contribution >= 4 is 11.5 Å². The summed E-state index contributed by atoms with van der Waals surface area (Å²) in [6, 6.07) is 4.08. The quantitative estimate of drug-likeness (QED) is 0.767. The zero-order valence-corrected chi connectivity index (χ0v) is 8.80. The van der Waals surface area contributed by atoms with E-state index in [1.165, 1.54) is 12.8 Å². The number of rotatable bonds is 4. The van der Waals surface area contributed by atoms with Crippen molar-refractivity contribution in [3.63, 3.8) is 0 Å². The van der Waals surface area contributed by atoms with Crippen LogP contribution in [0.25, 0.3) is 0 Å². The van der Waals surface area contributed by atoms with Crippen molar-refractivity contribution in [2.75, 3.05) is 17.2 Å². The summed E-state index contributed by atoms with van der Waals surface area (Å²) in [5.41, 5.74) is 1.50. The Morgan fingerprint density at radius 1 is 1.50 bits per heavy atom. The van der Waals surface area contributed by atoms with E-state index >= 15 is 0 Å². The molecular formula is C11H17N3. The molecule has 76 valence electrons. The van der Waals surface area contributed by atoms with Gasteiger partial charge < -0.3 is 10.6 Å². The topological polar surface area (TPSA) is 37.0 Å². The van der Waals surface area contributed by atoms with Gasteiger partial charge in [0.05, 0.1) is 0 Å². The molecule has 1 fully saturated rings. The Kier molecular flexibility index (Phi) is 2.32. The van der Waals surface area contributed by atoms with Crippen LogP contribution in [0.15, 0.2) is 18.3 Å². The first kappa shape index (κ1) is 9.31. The smallest absolute Gasteiger partial charge is 0.127 e. The minimum absolute atomic E-state index is 0.338. The fourth-order valence-corrected chi connectivity index (χ4v) is 1.45. The Balaban J connectivity index is 2.06. The van der Waals surface area contributed by atoms with Gasteiger partial charge in [-0.25, -0.2) is 4.98 Å². The van der Waals surface area contributed by atoms with Gasteiger partial charge in [0, 0.05) is 30.0 Å². The average Bonchev–Trinajstić information content (AvgIpc) is 2.84. The summed E-state index contributed by atoms with van der Waals surface area (Å²) in [7, 11) is 0. The van der Waals surface area contributed by atoms with Gasteiger partial charge in [-0.15, -0.1) is 0 Å². The maximum atomic E-state index is 4.23. The highest BCUT2D eigenvalue weighted by atomic mass is 15.0. The summed E-state index contributed by atoms with van der Waals surface area (Å²) in [6.45, 7) is 5.23. The minimum Gasteiger partial charge on any atom is -0.380 e. The van der Waals surface area contributed by atoms with E-state index in [0.29, 0.717) is 5.54 Å². The Labute approximate surface area is 84.9 Å². The lowest BCUT2D eigenvalue weighted by Gasteiger charge is -2.13. The Morgan fingerprint density at radius 2 is 2.29 bits per heavy atom. The molecule has 0 atom stereocenters. The Morgan fingerprint density at radius 3 is 2.93 bits per heavy atom. The molecule has 1 aromatic heterocycles. The van der Waals surface area contributed by atoms with Gasteiger partial charge in [0.2, 0.25) is 0 Å². The second kappa shape index (κ2) is 3.48. The van der Waals surface area contributed by atoms with E-state index in [-0.39, 0.29) is 0 Å². The first-order chi connectivity index (χ1) is 6.72. The molecular weight excluding hydrogens is 174 g/mol. The molecule has 0 aromatic carbocycles. The maximum absolute atomic E-state index is 4.23. The molecule has 0 saturated heterocycles. The van der Waals surface area contributed by atoms with Gasteiger partial charge in [0.25, 0.3) is 0 Å². The number of nitrogens with zero attached hydrogens (tertiary/aromatic N) is 1. The van der Waals surface area contributed by atoms with Crippen molar-refractivity contribution in [1.29, 1.82) is 0 Å². The van der Waals surface area contributed by atoms with Crippen LogP contribution in [-0.2, 0) is 0 Å². The second-order valence-electron chi connectivity index (χ2n) is 4.15. The molecule has 1 heterocycles. The predicted molar refractivity (Wildman–Crippen MR) is 59.7 cm³/mol. The second-order valence-corrected chi connectivity index (χ2v) is 4.15. The van der Waals surface area contributed by atoms with Crippen molar-refractivity contribution in [3.8, 4) is 0 Å². The highest BCUT2D eigenvalue weighted by Gasteiger charge is 2.36. The molecule has 3 nitrogen and oxygen atoms in total. The third kappa shape index (κ3) is 2.16. The van der Waals surface area contributed by atoms with Crippen molar-refractivity contribution < 1.29 is 0 Å². The molecule has 0 amide bonds. The molecule has 14 heavy (non-hydrogen) atoms. The number of hydrogen-bond donors (Lipinski definition) is 2. The zero-order chi connectivity index (χ0) is 10.0. The zero-order valence-electron chi connectivity index (χ0n) is 8.80. The van der Waals surface area contributed by atoms with Gasteiger partial charge >= 0.3 is 0 Å². The number of anilines is 2. The van der Waals surface area contributed by atoms with Crippen LogP contribution in [-0.4, -0.2) is 17.1 Å². The predicted octanol–water partition coefficient (Wildman–Crippen LogP) is 2.48. The summed E-state index contributed by atoms with van der Waals surface area (Å²) < 4.78 is 0. The van der Waals surface area contributed by atoms with E-state index < -0.39 is 0 Å². The fraction of sp³-hybridized carbons (Fsp3) is 0.545. The molecule has 2 rings (SSSR count). The molecule has 0 aliphatic heterocycles. The molecule has 1 saturated carbocycles. The molecule has 1 aliphatic carbocycles. The highest BCUT2D eigenvalue weighted by molar-refractivity contribution is 5.54. The lowest BCUT2D eigenvalue weighted by molar-refractivity contribution is 0.829. The van der Waals surface area contributed by atoms with E-state index in [1.54, 1.807) is 0 Å². The van der Waals surface area contributed by atoms with Gasteiger partial charge in [-0.3, -0.25) is 0 Å². The molecule has 3 heteroatoms. The van der Waals surface area contributed by atoms with Gasteiger partial charge in [0.1, 0.15) is 5.82 Å². The largest absolute Gasteiger partial charge is 0.380 e. The normalized spacial score (nSPS) is 17.6. The van der Waals surface area contributed by atoms with E-state index in [2.05, 4.69) is 35.5 Å². The molecule has 0 bridgehead atoms.